The number of fused-ring (bicyclic) bond motifs is 1. The van der Waals surface area contributed by atoms with E-state index in [2.05, 4.69) is 42.6 Å². The first-order valence-electron chi connectivity index (χ1n) is 7.82. The molecule has 0 radical (unpaired) electrons. The number of rotatable bonds is 5. The number of imidazole rings is 1. The lowest BCUT2D eigenvalue weighted by molar-refractivity contribution is 0.478. The maximum atomic E-state index is 4.92. The van der Waals surface area contributed by atoms with Gasteiger partial charge in [0.25, 0.3) is 0 Å². The molecule has 2 aromatic rings. The summed E-state index contributed by atoms with van der Waals surface area (Å²) in [4.78, 5) is 10.8. The molecule has 0 saturated carbocycles. The lowest BCUT2D eigenvalue weighted by Gasteiger charge is -2.22. The Kier molecular flexibility index (Phi) is 4.13. The Hall–Kier alpha value is -1.20. The molecule has 114 valence electrons. The summed E-state index contributed by atoms with van der Waals surface area (Å²) >= 11 is 1.88. The van der Waals surface area contributed by atoms with Crippen molar-refractivity contribution >= 4 is 11.3 Å². The van der Waals surface area contributed by atoms with Crippen LogP contribution in [0.1, 0.15) is 67.5 Å². The van der Waals surface area contributed by atoms with E-state index in [-0.39, 0.29) is 6.04 Å². The van der Waals surface area contributed by atoms with Crippen LogP contribution in [0.5, 0.6) is 0 Å². The first-order valence-corrected chi connectivity index (χ1v) is 8.64. The van der Waals surface area contributed by atoms with Gasteiger partial charge in [0.1, 0.15) is 11.0 Å². The van der Waals surface area contributed by atoms with Crippen LogP contribution in [0.4, 0.5) is 0 Å². The summed E-state index contributed by atoms with van der Waals surface area (Å²) in [5, 5.41) is 4.86. The van der Waals surface area contributed by atoms with Crippen LogP contribution in [0, 0.1) is 0 Å². The third kappa shape index (κ3) is 2.90. The van der Waals surface area contributed by atoms with Crippen LogP contribution in [0.15, 0.2) is 12.5 Å². The molecule has 1 unspecified atom stereocenters. The zero-order valence-electron chi connectivity index (χ0n) is 13.3. The summed E-state index contributed by atoms with van der Waals surface area (Å²) in [6.07, 6.45) is 7.51. The number of nitrogens with one attached hydrogen (secondary N) is 1. The van der Waals surface area contributed by atoms with Crippen molar-refractivity contribution in [3.8, 4) is 0 Å². The smallest absolute Gasteiger partial charge is 0.116 e. The van der Waals surface area contributed by atoms with E-state index in [4.69, 9.17) is 4.98 Å². The van der Waals surface area contributed by atoms with Gasteiger partial charge in [-0.05, 0) is 47.0 Å². The molecule has 21 heavy (non-hydrogen) atoms. The van der Waals surface area contributed by atoms with Crippen molar-refractivity contribution in [2.45, 2.75) is 65.1 Å². The lowest BCUT2D eigenvalue weighted by atomic mass is 10.2. The van der Waals surface area contributed by atoms with E-state index in [0.717, 1.165) is 6.42 Å². The largest absolute Gasteiger partial charge is 0.330 e. The van der Waals surface area contributed by atoms with Crippen molar-refractivity contribution in [3.63, 3.8) is 0 Å². The maximum Gasteiger partial charge on any atom is 0.116 e. The SMILES string of the molecule is CC(C)NC(c1nc2c(s1)CCC2)c1cncn1C(C)C. The first-order chi connectivity index (χ1) is 10.1. The molecular weight excluding hydrogens is 280 g/mol. The molecule has 1 atom stereocenters. The molecule has 1 N–H and O–H groups in total. The molecule has 2 heterocycles. The van der Waals surface area contributed by atoms with E-state index in [9.17, 15) is 0 Å². The standard InChI is InChI=1S/C16H24N4S/c1-10(2)18-15(13-8-17-9-20(13)11(3)4)16-19-12-6-5-7-14(12)21-16/h8-11,15,18H,5-7H2,1-4H3. The van der Waals surface area contributed by atoms with Crippen LogP contribution in [0.3, 0.4) is 0 Å². The van der Waals surface area contributed by atoms with Gasteiger partial charge in [0.05, 0.1) is 23.9 Å². The molecule has 5 heteroatoms. The van der Waals surface area contributed by atoms with Crippen molar-refractivity contribution in [3.05, 3.63) is 33.8 Å². The highest BCUT2D eigenvalue weighted by atomic mass is 32.1. The van der Waals surface area contributed by atoms with Gasteiger partial charge in [0.15, 0.2) is 0 Å². The molecule has 0 amide bonds. The summed E-state index contributed by atoms with van der Waals surface area (Å²) < 4.78 is 2.24. The number of hydrogen-bond acceptors (Lipinski definition) is 4. The van der Waals surface area contributed by atoms with Gasteiger partial charge in [-0.2, -0.15) is 0 Å². The topological polar surface area (TPSA) is 42.7 Å². The minimum Gasteiger partial charge on any atom is -0.330 e. The van der Waals surface area contributed by atoms with Crippen LogP contribution in [0.2, 0.25) is 0 Å². The van der Waals surface area contributed by atoms with Gasteiger partial charge in [-0.1, -0.05) is 0 Å². The summed E-state index contributed by atoms with van der Waals surface area (Å²) in [5.74, 6) is 0. The van der Waals surface area contributed by atoms with Crippen molar-refractivity contribution in [2.75, 3.05) is 0 Å². The van der Waals surface area contributed by atoms with Gasteiger partial charge in [0.2, 0.25) is 0 Å². The third-order valence-corrected chi connectivity index (χ3v) is 5.13. The second-order valence-corrected chi connectivity index (χ2v) is 7.46. The van der Waals surface area contributed by atoms with E-state index in [1.54, 1.807) is 0 Å². The Morgan fingerprint density at radius 2 is 2.05 bits per heavy atom. The molecule has 3 rings (SSSR count). The average molecular weight is 304 g/mol. The Labute approximate surface area is 130 Å². The highest BCUT2D eigenvalue weighted by molar-refractivity contribution is 7.11. The number of hydrogen-bond donors (Lipinski definition) is 1. The lowest BCUT2D eigenvalue weighted by Crippen LogP contribution is -2.30. The van der Waals surface area contributed by atoms with Gasteiger partial charge >= 0.3 is 0 Å². The Morgan fingerprint density at radius 1 is 1.24 bits per heavy atom. The third-order valence-electron chi connectivity index (χ3n) is 3.91. The first kappa shape index (κ1) is 14.7. The maximum absolute atomic E-state index is 4.92. The minimum atomic E-state index is 0.144. The molecule has 0 bridgehead atoms. The van der Waals surface area contributed by atoms with E-state index in [1.165, 1.54) is 34.1 Å². The van der Waals surface area contributed by atoms with Crippen molar-refractivity contribution in [2.24, 2.45) is 0 Å². The molecule has 0 aromatic carbocycles. The fourth-order valence-corrected chi connectivity index (χ4v) is 4.15. The van der Waals surface area contributed by atoms with Crippen molar-refractivity contribution in [1.82, 2.24) is 19.9 Å². The minimum absolute atomic E-state index is 0.144. The van der Waals surface area contributed by atoms with Crippen LogP contribution in [-0.4, -0.2) is 20.6 Å². The quantitative estimate of drug-likeness (QED) is 0.919. The van der Waals surface area contributed by atoms with Gasteiger partial charge in [-0.15, -0.1) is 11.3 Å². The average Bonchev–Trinajstić information content (AvgIpc) is 3.10. The fraction of sp³-hybridized carbons (Fsp3) is 0.625. The molecule has 1 aliphatic rings. The second-order valence-electron chi connectivity index (χ2n) is 6.35. The molecule has 4 nitrogen and oxygen atoms in total. The molecule has 1 aliphatic carbocycles. The predicted molar refractivity (Wildman–Crippen MR) is 86.9 cm³/mol. The molecule has 2 aromatic heterocycles. The number of nitrogens with zero attached hydrogens (tertiary/aromatic N) is 3. The second kappa shape index (κ2) is 5.89. The van der Waals surface area contributed by atoms with Crippen LogP contribution in [-0.2, 0) is 12.8 Å². The number of aryl methyl sites for hydroxylation is 2. The van der Waals surface area contributed by atoms with Gasteiger partial charge in [-0.3, -0.25) is 0 Å². The van der Waals surface area contributed by atoms with Gasteiger partial charge in [-0.25, -0.2) is 9.97 Å². The van der Waals surface area contributed by atoms with Crippen LogP contribution in [0.25, 0.3) is 0 Å². The summed E-state index contributed by atoms with van der Waals surface area (Å²) in [5.41, 5.74) is 2.53. The summed E-state index contributed by atoms with van der Waals surface area (Å²) in [7, 11) is 0. The Balaban J connectivity index is 1.98. The predicted octanol–water partition coefficient (Wildman–Crippen LogP) is 3.50. The number of aromatic nitrogens is 3. The van der Waals surface area contributed by atoms with E-state index in [1.807, 2.05) is 23.9 Å². The molecule has 0 spiro atoms. The molecular formula is C16H24N4S. The highest BCUT2D eigenvalue weighted by Gasteiger charge is 2.26. The fourth-order valence-electron chi connectivity index (χ4n) is 2.92. The van der Waals surface area contributed by atoms with Gasteiger partial charge in [0, 0.05) is 17.0 Å². The summed E-state index contributed by atoms with van der Waals surface area (Å²) in [6, 6.07) is 0.959. The van der Waals surface area contributed by atoms with Crippen molar-refractivity contribution < 1.29 is 0 Å². The van der Waals surface area contributed by atoms with Crippen LogP contribution < -0.4 is 5.32 Å². The van der Waals surface area contributed by atoms with Crippen LogP contribution >= 0.6 is 11.3 Å². The zero-order valence-corrected chi connectivity index (χ0v) is 14.1. The normalized spacial score (nSPS) is 15.9. The highest BCUT2D eigenvalue weighted by Crippen LogP contribution is 2.34. The van der Waals surface area contributed by atoms with Crippen molar-refractivity contribution in [1.29, 1.82) is 0 Å². The molecule has 0 fully saturated rings. The van der Waals surface area contributed by atoms with E-state index < -0.39 is 0 Å². The van der Waals surface area contributed by atoms with E-state index >= 15 is 0 Å². The number of thiazole rings is 1. The monoisotopic (exact) mass is 304 g/mol. The van der Waals surface area contributed by atoms with E-state index in [0.29, 0.717) is 12.1 Å². The molecule has 0 saturated heterocycles. The van der Waals surface area contributed by atoms with Gasteiger partial charge < -0.3 is 9.88 Å². The summed E-state index contributed by atoms with van der Waals surface area (Å²) in [6.45, 7) is 8.76. The molecule has 0 aliphatic heterocycles. The Morgan fingerprint density at radius 3 is 2.71 bits per heavy atom. The Bertz CT molecular complexity index is 590. The zero-order chi connectivity index (χ0) is 15.0.